The van der Waals surface area contributed by atoms with E-state index in [2.05, 4.69) is 30.0 Å². The second-order valence-electron chi connectivity index (χ2n) is 10.2. The fourth-order valence-electron chi connectivity index (χ4n) is 5.49. The zero-order valence-electron chi connectivity index (χ0n) is 22.1. The summed E-state index contributed by atoms with van der Waals surface area (Å²) in [6, 6.07) is 13.7. The van der Waals surface area contributed by atoms with Crippen molar-refractivity contribution in [3.63, 3.8) is 0 Å². The molecule has 0 unspecified atom stereocenters. The van der Waals surface area contributed by atoms with Crippen molar-refractivity contribution in [2.24, 2.45) is 0 Å². The van der Waals surface area contributed by atoms with Gasteiger partial charge in [0.15, 0.2) is 28.7 Å². The highest BCUT2D eigenvalue weighted by atomic mass is 16.7. The number of pyridine rings is 3. The Bertz CT molecular complexity index is 1890. The normalized spacial score (nSPS) is 14.8. The van der Waals surface area contributed by atoms with Crippen molar-refractivity contribution in [1.29, 1.82) is 0 Å². The Morgan fingerprint density at radius 3 is 2.80 bits per heavy atom. The van der Waals surface area contributed by atoms with Crippen molar-refractivity contribution in [1.82, 2.24) is 40.0 Å². The summed E-state index contributed by atoms with van der Waals surface area (Å²) in [6.45, 7) is 4.10. The molecular formula is C30H26N8O3. The second kappa shape index (κ2) is 9.86. The second-order valence-corrected chi connectivity index (χ2v) is 10.2. The number of benzene rings is 1. The van der Waals surface area contributed by atoms with Gasteiger partial charge >= 0.3 is 0 Å². The standard InChI is InChI=1S/C30H26N8O3/c1-2-10-38(9-1)11-12-39-20-13-19(15-31-16-20)22-4-5-23-27(33-22)28(37-36-23)30-34-26-21(7-8-32-29(26)35-30)18-3-6-24-25(14-18)41-17-40-24/h3-8,13-16H,1-2,9-12,17H2,(H,36,37)(H,32,34,35). The van der Waals surface area contributed by atoms with Crippen LogP contribution < -0.4 is 14.2 Å². The number of aromatic amines is 2. The van der Waals surface area contributed by atoms with Crippen molar-refractivity contribution < 1.29 is 14.2 Å². The smallest absolute Gasteiger partial charge is 0.231 e. The van der Waals surface area contributed by atoms with Gasteiger partial charge in [0, 0.05) is 30.1 Å². The lowest BCUT2D eigenvalue weighted by atomic mass is 10.1. The molecule has 11 nitrogen and oxygen atoms in total. The van der Waals surface area contributed by atoms with Gasteiger partial charge in [-0.3, -0.25) is 15.0 Å². The van der Waals surface area contributed by atoms with Crippen LogP contribution in [0.4, 0.5) is 0 Å². The number of hydrogen-bond donors (Lipinski definition) is 2. The maximum Gasteiger partial charge on any atom is 0.231 e. The van der Waals surface area contributed by atoms with E-state index in [1.165, 1.54) is 12.8 Å². The SMILES string of the molecule is c1cc(-c2ccc3c(c2)OCO3)c2[nH]c(-c3n[nH]c4ccc(-c5cncc(OCCN6CCCC6)c5)nc34)nc2n1. The number of aromatic nitrogens is 7. The number of nitrogens with one attached hydrogen (secondary N) is 2. The molecule has 0 spiro atoms. The number of H-pyrrole nitrogens is 2. The van der Waals surface area contributed by atoms with Gasteiger partial charge in [-0.15, -0.1) is 0 Å². The van der Waals surface area contributed by atoms with Crippen LogP contribution in [0.2, 0.25) is 0 Å². The first-order valence-corrected chi connectivity index (χ1v) is 13.7. The number of likely N-dealkylation sites (tertiary alicyclic amines) is 1. The maximum atomic E-state index is 6.01. The monoisotopic (exact) mass is 546 g/mol. The van der Waals surface area contributed by atoms with Gasteiger partial charge in [-0.05, 0) is 67.9 Å². The minimum absolute atomic E-state index is 0.228. The Labute approximate surface area is 234 Å². The lowest BCUT2D eigenvalue weighted by molar-refractivity contribution is 0.174. The summed E-state index contributed by atoms with van der Waals surface area (Å²) in [5.41, 5.74) is 7.07. The molecule has 0 bridgehead atoms. The first-order chi connectivity index (χ1) is 20.3. The van der Waals surface area contributed by atoms with Gasteiger partial charge in [0.1, 0.15) is 17.9 Å². The number of rotatable bonds is 7. The van der Waals surface area contributed by atoms with Crippen LogP contribution in [0, 0.1) is 0 Å². The molecule has 8 rings (SSSR count). The van der Waals surface area contributed by atoms with Crippen molar-refractivity contribution in [3.8, 4) is 51.2 Å². The summed E-state index contributed by atoms with van der Waals surface area (Å²) in [5.74, 6) is 2.77. The molecule has 41 heavy (non-hydrogen) atoms. The van der Waals surface area contributed by atoms with Gasteiger partial charge in [-0.1, -0.05) is 6.07 Å². The van der Waals surface area contributed by atoms with Crippen molar-refractivity contribution in [2.75, 3.05) is 33.0 Å². The van der Waals surface area contributed by atoms with Crippen molar-refractivity contribution in [3.05, 3.63) is 61.1 Å². The average Bonchev–Trinajstić information content (AvgIpc) is 3.82. The first kappa shape index (κ1) is 23.8. The Morgan fingerprint density at radius 1 is 0.927 bits per heavy atom. The predicted octanol–water partition coefficient (Wildman–Crippen LogP) is 4.83. The van der Waals surface area contributed by atoms with E-state index in [-0.39, 0.29) is 6.79 Å². The van der Waals surface area contributed by atoms with Gasteiger partial charge in [-0.2, -0.15) is 5.10 Å². The van der Waals surface area contributed by atoms with E-state index in [9.17, 15) is 0 Å². The van der Waals surface area contributed by atoms with E-state index >= 15 is 0 Å². The van der Waals surface area contributed by atoms with Gasteiger partial charge in [-0.25, -0.2) is 15.0 Å². The Hall–Kier alpha value is -5.03. The highest BCUT2D eigenvalue weighted by Gasteiger charge is 2.19. The lowest BCUT2D eigenvalue weighted by Gasteiger charge is -2.15. The number of imidazole rings is 1. The molecule has 204 valence electrons. The molecule has 0 saturated carbocycles. The van der Waals surface area contributed by atoms with Crippen LogP contribution >= 0.6 is 0 Å². The molecule has 6 aromatic rings. The van der Waals surface area contributed by atoms with Crippen LogP contribution in [-0.2, 0) is 0 Å². The van der Waals surface area contributed by atoms with Crippen LogP contribution in [-0.4, -0.2) is 73.1 Å². The van der Waals surface area contributed by atoms with Crippen LogP contribution in [0.25, 0.3) is 56.1 Å². The summed E-state index contributed by atoms with van der Waals surface area (Å²) < 4.78 is 17.1. The van der Waals surface area contributed by atoms with Crippen LogP contribution in [0.5, 0.6) is 17.2 Å². The zero-order valence-corrected chi connectivity index (χ0v) is 22.1. The Balaban J connectivity index is 1.11. The minimum atomic E-state index is 0.228. The van der Waals surface area contributed by atoms with Gasteiger partial charge in [0.05, 0.1) is 22.9 Å². The van der Waals surface area contributed by atoms with E-state index in [1.54, 1.807) is 18.6 Å². The molecule has 0 aliphatic carbocycles. The molecular weight excluding hydrogens is 520 g/mol. The van der Waals surface area contributed by atoms with Crippen LogP contribution in [0.1, 0.15) is 12.8 Å². The van der Waals surface area contributed by atoms with Crippen molar-refractivity contribution in [2.45, 2.75) is 12.8 Å². The van der Waals surface area contributed by atoms with E-state index in [4.69, 9.17) is 24.2 Å². The summed E-state index contributed by atoms with van der Waals surface area (Å²) in [5, 5.41) is 7.63. The largest absolute Gasteiger partial charge is 0.491 e. The van der Waals surface area contributed by atoms with Crippen LogP contribution in [0.3, 0.4) is 0 Å². The predicted molar refractivity (Wildman–Crippen MR) is 153 cm³/mol. The van der Waals surface area contributed by atoms with E-state index < -0.39 is 0 Å². The molecule has 1 fully saturated rings. The lowest BCUT2D eigenvalue weighted by Crippen LogP contribution is -2.25. The summed E-state index contributed by atoms with van der Waals surface area (Å²) in [7, 11) is 0. The molecule has 1 aromatic carbocycles. The van der Waals surface area contributed by atoms with Gasteiger partial charge in [0.25, 0.3) is 0 Å². The van der Waals surface area contributed by atoms with Crippen molar-refractivity contribution >= 4 is 22.2 Å². The molecule has 7 heterocycles. The third-order valence-corrected chi connectivity index (χ3v) is 7.59. The summed E-state index contributed by atoms with van der Waals surface area (Å²) in [6.07, 6.45) is 7.83. The molecule has 0 atom stereocenters. The van der Waals surface area contributed by atoms with E-state index in [1.807, 2.05) is 42.5 Å². The molecule has 2 N–H and O–H groups in total. The fourth-order valence-corrected chi connectivity index (χ4v) is 5.49. The fraction of sp³-hybridized carbons (Fsp3) is 0.233. The highest BCUT2D eigenvalue weighted by Crippen LogP contribution is 2.38. The first-order valence-electron chi connectivity index (χ1n) is 13.7. The Kier molecular flexibility index (Phi) is 5.73. The maximum absolute atomic E-state index is 6.01. The molecule has 0 amide bonds. The number of ether oxygens (including phenoxy) is 3. The minimum Gasteiger partial charge on any atom is -0.491 e. The third kappa shape index (κ3) is 4.40. The number of fused-ring (bicyclic) bond motifs is 3. The summed E-state index contributed by atoms with van der Waals surface area (Å²) in [4.78, 5) is 24.5. The molecule has 11 heteroatoms. The highest BCUT2D eigenvalue weighted by molar-refractivity contribution is 5.95. The number of hydrogen-bond acceptors (Lipinski definition) is 9. The molecule has 2 aliphatic rings. The van der Waals surface area contributed by atoms with E-state index in [0.29, 0.717) is 29.3 Å². The topological polar surface area (TPSA) is 127 Å². The average molecular weight is 547 g/mol. The molecule has 1 saturated heterocycles. The van der Waals surface area contributed by atoms with Gasteiger partial charge < -0.3 is 19.2 Å². The number of nitrogens with zero attached hydrogens (tertiary/aromatic N) is 6. The van der Waals surface area contributed by atoms with Gasteiger partial charge in [0.2, 0.25) is 6.79 Å². The quantitative estimate of drug-likeness (QED) is 0.289. The van der Waals surface area contributed by atoms with Crippen LogP contribution in [0.15, 0.2) is 61.1 Å². The molecule has 0 radical (unpaired) electrons. The molecule has 5 aromatic heterocycles. The Morgan fingerprint density at radius 2 is 1.85 bits per heavy atom. The third-order valence-electron chi connectivity index (χ3n) is 7.59. The molecule has 2 aliphatic heterocycles. The van der Waals surface area contributed by atoms with E-state index in [0.717, 1.165) is 70.3 Å². The summed E-state index contributed by atoms with van der Waals surface area (Å²) >= 11 is 0. The zero-order chi connectivity index (χ0) is 27.2.